The van der Waals surface area contributed by atoms with Gasteiger partial charge in [-0.25, -0.2) is 10.4 Å². The summed E-state index contributed by atoms with van der Waals surface area (Å²) in [6, 6.07) is 11.4. The largest absolute Gasteiger partial charge is 0.448 e. The van der Waals surface area contributed by atoms with E-state index in [1.807, 2.05) is 24.3 Å². The quantitative estimate of drug-likeness (QED) is 0.404. The second-order valence-electron chi connectivity index (χ2n) is 4.17. The number of hydrogen-bond donors (Lipinski definition) is 1. The monoisotopic (exact) mass is 395 g/mol. The first-order valence-corrected chi connectivity index (χ1v) is 8.86. The Morgan fingerprint density at radius 1 is 1.41 bits per heavy atom. The van der Waals surface area contributed by atoms with Gasteiger partial charge in [0.2, 0.25) is 0 Å². The van der Waals surface area contributed by atoms with Gasteiger partial charge < -0.3 is 4.42 Å². The Bertz CT molecular complexity index is 795. The number of thiazole rings is 1. The zero-order valence-corrected chi connectivity index (χ0v) is 14.4. The van der Waals surface area contributed by atoms with E-state index in [9.17, 15) is 4.79 Å². The third-order valence-electron chi connectivity index (χ3n) is 2.58. The Morgan fingerprint density at radius 2 is 2.27 bits per heavy atom. The lowest BCUT2D eigenvalue weighted by atomic mass is 10.3. The molecule has 5 nitrogen and oxygen atoms in total. The minimum atomic E-state index is -0.189. The molecule has 0 fully saturated rings. The van der Waals surface area contributed by atoms with Gasteiger partial charge in [-0.2, -0.15) is 5.10 Å². The van der Waals surface area contributed by atoms with Gasteiger partial charge in [-0.15, -0.1) is 11.3 Å². The van der Waals surface area contributed by atoms with E-state index in [4.69, 9.17) is 4.42 Å². The molecule has 2 heterocycles. The summed E-state index contributed by atoms with van der Waals surface area (Å²) >= 11 is 6.16. The summed E-state index contributed by atoms with van der Waals surface area (Å²) < 4.78 is 7.84. The van der Waals surface area contributed by atoms with Crippen molar-refractivity contribution in [2.45, 2.75) is 4.34 Å². The molecule has 112 valence electrons. The molecule has 0 aliphatic heterocycles. The van der Waals surface area contributed by atoms with Crippen molar-refractivity contribution in [1.82, 2.24) is 10.4 Å². The van der Waals surface area contributed by atoms with Crippen molar-refractivity contribution in [2.24, 2.45) is 5.10 Å². The summed E-state index contributed by atoms with van der Waals surface area (Å²) in [5.74, 6) is 0.635. The number of nitrogens with one attached hydrogen (secondary N) is 1. The topological polar surface area (TPSA) is 67.5 Å². The van der Waals surface area contributed by atoms with E-state index in [1.54, 1.807) is 23.5 Å². The number of furan rings is 1. The van der Waals surface area contributed by atoms with E-state index in [2.05, 4.69) is 31.4 Å². The summed E-state index contributed by atoms with van der Waals surface area (Å²) in [5, 5.41) is 3.84. The molecule has 3 rings (SSSR count). The predicted molar refractivity (Wildman–Crippen MR) is 92.5 cm³/mol. The maximum absolute atomic E-state index is 11.7. The Balaban J connectivity index is 1.50. The van der Waals surface area contributed by atoms with Gasteiger partial charge in [0, 0.05) is 0 Å². The molecule has 22 heavy (non-hydrogen) atoms. The highest BCUT2D eigenvalue weighted by Crippen LogP contribution is 2.28. The van der Waals surface area contributed by atoms with Crippen LogP contribution >= 0.6 is 39.0 Å². The van der Waals surface area contributed by atoms with Crippen LogP contribution in [0.1, 0.15) is 5.76 Å². The first kappa shape index (κ1) is 15.3. The van der Waals surface area contributed by atoms with Gasteiger partial charge in [0.1, 0.15) is 5.76 Å². The maximum atomic E-state index is 11.7. The fourth-order valence-corrected chi connectivity index (χ4v) is 3.82. The van der Waals surface area contributed by atoms with Gasteiger partial charge in [0.05, 0.1) is 22.2 Å². The van der Waals surface area contributed by atoms with Gasteiger partial charge >= 0.3 is 0 Å². The number of thioether (sulfide) groups is 1. The highest BCUT2D eigenvalue weighted by Gasteiger charge is 2.07. The van der Waals surface area contributed by atoms with Crippen LogP contribution in [-0.4, -0.2) is 22.9 Å². The second-order valence-corrected chi connectivity index (χ2v) is 7.21. The van der Waals surface area contributed by atoms with Crippen molar-refractivity contribution < 1.29 is 9.21 Å². The van der Waals surface area contributed by atoms with Crippen LogP contribution in [0, 0.1) is 0 Å². The lowest BCUT2D eigenvalue weighted by Crippen LogP contribution is -2.19. The molecule has 0 saturated carbocycles. The molecular weight excluding hydrogens is 386 g/mol. The van der Waals surface area contributed by atoms with Crippen LogP contribution in [0.2, 0.25) is 0 Å². The Morgan fingerprint density at radius 3 is 3.05 bits per heavy atom. The number of para-hydroxylation sites is 1. The standard InChI is InChI=1S/C14H10BrN3O2S2/c15-12-6-5-9(20-12)7-16-18-13(19)8-21-14-17-10-3-1-2-4-11(10)22-14/h1-7H,8H2,(H,18,19)/b16-7-. The Hall–Kier alpha value is -1.64. The van der Waals surface area contributed by atoms with Crippen LogP contribution in [0.15, 0.2) is 54.9 Å². The van der Waals surface area contributed by atoms with Crippen LogP contribution in [0.4, 0.5) is 0 Å². The number of rotatable bonds is 5. The molecule has 0 aliphatic rings. The highest BCUT2D eigenvalue weighted by molar-refractivity contribution is 9.10. The molecule has 1 aromatic carbocycles. The van der Waals surface area contributed by atoms with Crippen molar-refractivity contribution in [1.29, 1.82) is 0 Å². The zero-order chi connectivity index (χ0) is 15.4. The molecule has 0 aliphatic carbocycles. The molecule has 3 aromatic rings. The van der Waals surface area contributed by atoms with Gasteiger partial charge in [-0.05, 0) is 40.2 Å². The minimum Gasteiger partial charge on any atom is -0.448 e. The average molecular weight is 396 g/mol. The number of aromatic nitrogens is 1. The number of hydrazone groups is 1. The fraction of sp³-hybridized carbons (Fsp3) is 0.0714. The number of carbonyl (C=O) groups is 1. The maximum Gasteiger partial charge on any atom is 0.250 e. The first-order valence-electron chi connectivity index (χ1n) is 6.26. The zero-order valence-electron chi connectivity index (χ0n) is 11.2. The number of amides is 1. The third kappa shape index (κ3) is 3.96. The molecule has 0 spiro atoms. The molecule has 0 saturated heterocycles. The lowest BCUT2D eigenvalue weighted by Gasteiger charge is -1.96. The summed E-state index contributed by atoms with van der Waals surface area (Å²) in [6.45, 7) is 0. The van der Waals surface area contributed by atoms with E-state index in [0.29, 0.717) is 10.4 Å². The van der Waals surface area contributed by atoms with Gasteiger partial charge in [-0.1, -0.05) is 23.9 Å². The molecule has 0 unspecified atom stereocenters. The molecule has 0 atom stereocenters. The van der Waals surface area contributed by atoms with Gasteiger partial charge in [-0.3, -0.25) is 4.79 Å². The van der Waals surface area contributed by atoms with Crippen molar-refractivity contribution in [2.75, 3.05) is 5.75 Å². The normalized spacial score (nSPS) is 11.3. The molecule has 0 radical (unpaired) electrons. The summed E-state index contributed by atoms with van der Waals surface area (Å²) in [4.78, 5) is 16.2. The van der Waals surface area contributed by atoms with Crippen LogP contribution in [0.25, 0.3) is 10.2 Å². The van der Waals surface area contributed by atoms with E-state index in [1.165, 1.54) is 18.0 Å². The summed E-state index contributed by atoms with van der Waals surface area (Å²) in [5.41, 5.74) is 3.41. The van der Waals surface area contributed by atoms with E-state index >= 15 is 0 Å². The Kier molecular flexibility index (Phi) is 4.91. The van der Waals surface area contributed by atoms with E-state index in [-0.39, 0.29) is 11.7 Å². The number of benzene rings is 1. The van der Waals surface area contributed by atoms with Gasteiger partial charge in [0.25, 0.3) is 5.91 Å². The molecule has 1 amide bonds. The number of carbonyl (C=O) groups excluding carboxylic acids is 1. The smallest absolute Gasteiger partial charge is 0.250 e. The van der Waals surface area contributed by atoms with Crippen LogP contribution in [0.3, 0.4) is 0 Å². The summed E-state index contributed by atoms with van der Waals surface area (Å²) in [7, 11) is 0. The molecule has 2 aromatic heterocycles. The number of nitrogens with zero attached hydrogens (tertiary/aromatic N) is 2. The molecule has 1 N–H and O–H groups in total. The van der Waals surface area contributed by atoms with Crippen molar-refractivity contribution >= 4 is 61.4 Å². The number of hydrogen-bond acceptors (Lipinski definition) is 6. The van der Waals surface area contributed by atoms with E-state index < -0.39 is 0 Å². The highest BCUT2D eigenvalue weighted by atomic mass is 79.9. The number of halogens is 1. The summed E-state index contributed by atoms with van der Waals surface area (Å²) in [6.07, 6.45) is 1.45. The SMILES string of the molecule is O=C(CSc1nc2ccccc2s1)N/N=C\c1ccc(Br)o1. The van der Waals surface area contributed by atoms with Crippen molar-refractivity contribution in [3.63, 3.8) is 0 Å². The minimum absolute atomic E-state index is 0.189. The second kappa shape index (κ2) is 7.08. The predicted octanol–water partition coefficient (Wildman–Crippen LogP) is 3.89. The molecule has 8 heteroatoms. The lowest BCUT2D eigenvalue weighted by molar-refractivity contribution is -0.118. The van der Waals surface area contributed by atoms with Crippen LogP contribution < -0.4 is 5.43 Å². The van der Waals surface area contributed by atoms with E-state index in [0.717, 1.165) is 14.6 Å². The first-order chi connectivity index (χ1) is 10.7. The van der Waals surface area contributed by atoms with Crippen molar-refractivity contribution in [3.05, 3.63) is 46.8 Å². The van der Waals surface area contributed by atoms with Crippen LogP contribution in [-0.2, 0) is 4.79 Å². The average Bonchev–Trinajstić information content (AvgIpc) is 3.11. The fourth-order valence-electron chi connectivity index (χ4n) is 1.64. The van der Waals surface area contributed by atoms with Crippen LogP contribution in [0.5, 0.6) is 0 Å². The number of fused-ring (bicyclic) bond motifs is 1. The molecular formula is C14H10BrN3O2S2. The van der Waals surface area contributed by atoms with Gasteiger partial charge in [0.15, 0.2) is 9.01 Å². The third-order valence-corrected chi connectivity index (χ3v) is 5.18. The Labute approximate surface area is 142 Å². The van der Waals surface area contributed by atoms with Crippen molar-refractivity contribution in [3.8, 4) is 0 Å². The molecule has 0 bridgehead atoms.